The van der Waals surface area contributed by atoms with Crippen molar-refractivity contribution in [1.82, 2.24) is 19.6 Å². The number of H-pyrrole nitrogens is 1. The molecule has 0 fully saturated rings. The zero-order valence-electron chi connectivity index (χ0n) is 21.5. The Balaban J connectivity index is 1.82. The van der Waals surface area contributed by atoms with Crippen molar-refractivity contribution in [2.45, 2.75) is 44.2 Å². The molecule has 204 valence electrons. The number of aliphatic hydroxyl groups is 1. The summed E-state index contributed by atoms with van der Waals surface area (Å²) < 4.78 is 28.4. The Labute approximate surface area is 222 Å². The van der Waals surface area contributed by atoms with Gasteiger partial charge in [0.2, 0.25) is 21.9 Å². The summed E-state index contributed by atoms with van der Waals surface area (Å²) in [4.78, 5) is 29.8. The molecular formula is C26H33N5O6S. The predicted octanol–water partition coefficient (Wildman–Crippen LogP) is 2.92. The number of hydrogen-bond donors (Lipinski definition) is 5. The van der Waals surface area contributed by atoms with Crippen LogP contribution in [0.4, 0.5) is 10.7 Å². The number of anilines is 1. The summed E-state index contributed by atoms with van der Waals surface area (Å²) in [7, 11) is -4.02. The minimum absolute atomic E-state index is 0.0255. The maximum atomic E-state index is 13.6. The number of aromatic nitrogens is 2. The van der Waals surface area contributed by atoms with E-state index in [2.05, 4.69) is 20.6 Å². The first-order chi connectivity index (χ1) is 18.0. The number of carboxylic acid groups (broad SMARTS) is 1. The highest BCUT2D eigenvalue weighted by Gasteiger charge is 2.31. The Kier molecular flexibility index (Phi) is 9.61. The fraction of sp³-hybridized carbons (Fsp3) is 0.346. The van der Waals surface area contributed by atoms with Crippen LogP contribution in [0.25, 0.3) is 11.3 Å². The molecule has 11 nitrogen and oxygen atoms in total. The summed E-state index contributed by atoms with van der Waals surface area (Å²) in [5, 5.41) is 25.2. The van der Waals surface area contributed by atoms with Crippen LogP contribution in [0.2, 0.25) is 0 Å². The summed E-state index contributed by atoms with van der Waals surface area (Å²) in [6.07, 6.45) is -0.810. The molecule has 12 heteroatoms. The van der Waals surface area contributed by atoms with Crippen LogP contribution in [-0.4, -0.2) is 70.1 Å². The number of aromatic amines is 1. The van der Waals surface area contributed by atoms with Gasteiger partial charge in [0.15, 0.2) is 0 Å². The number of aliphatic hydroxyl groups excluding tert-OH is 1. The third-order valence-electron chi connectivity index (χ3n) is 5.69. The lowest BCUT2D eigenvalue weighted by molar-refractivity contribution is -0.114. The molecular weight excluding hydrogens is 510 g/mol. The molecule has 2 amide bonds. The highest BCUT2D eigenvalue weighted by Crippen LogP contribution is 2.24. The molecule has 1 aromatic heterocycles. The van der Waals surface area contributed by atoms with Gasteiger partial charge in [-0.3, -0.25) is 10.1 Å². The first-order valence-corrected chi connectivity index (χ1v) is 13.5. The summed E-state index contributed by atoms with van der Waals surface area (Å²) in [6, 6.07) is 14.3. The quantitative estimate of drug-likeness (QED) is 0.234. The Morgan fingerprint density at radius 3 is 2.29 bits per heavy atom. The summed E-state index contributed by atoms with van der Waals surface area (Å²) in [5.74, 6) is -0.0434. The largest absolute Gasteiger partial charge is 0.465 e. The molecule has 1 heterocycles. The van der Waals surface area contributed by atoms with E-state index >= 15 is 0 Å². The Bertz CT molecular complexity index is 1330. The number of carbonyl (C=O) groups is 2. The van der Waals surface area contributed by atoms with Crippen LogP contribution in [0.3, 0.4) is 0 Å². The lowest BCUT2D eigenvalue weighted by Gasteiger charge is -2.30. The lowest BCUT2D eigenvalue weighted by Crippen LogP contribution is -2.50. The predicted molar refractivity (Wildman–Crippen MR) is 143 cm³/mol. The molecule has 2 atom stereocenters. The highest BCUT2D eigenvalue weighted by molar-refractivity contribution is 7.89. The molecule has 38 heavy (non-hydrogen) atoms. The minimum Gasteiger partial charge on any atom is -0.465 e. The number of imidazole rings is 1. The number of nitrogens with zero attached hydrogens (tertiary/aromatic N) is 2. The number of rotatable bonds is 12. The van der Waals surface area contributed by atoms with Gasteiger partial charge in [-0.2, -0.15) is 4.31 Å². The van der Waals surface area contributed by atoms with Crippen molar-refractivity contribution in [3.63, 3.8) is 0 Å². The molecule has 0 aliphatic heterocycles. The van der Waals surface area contributed by atoms with Crippen LogP contribution in [0, 0.1) is 5.92 Å². The van der Waals surface area contributed by atoms with Crippen molar-refractivity contribution < 1.29 is 28.2 Å². The van der Waals surface area contributed by atoms with Gasteiger partial charge >= 0.3 is 6.09 Å². The van der Waals surface area contributed by atoms with Crippen LogP contribution in [0.15, 0.2) is 65.7 Å². The molecule has 0 spiro atoms. The number of hydrogen-bond acceptors (Lipinski definition) is 6. The topological polar surface area (TPSA) is 165 Å². The number of carbonyl (C=O) groups excluding carboxylic acids is 1. The van der Waals surface area contributed by atoms with Crippen LogP contribution in [0.1, 0.15) is 26.3 Å². The second-order valence-electron chi connectivity index (χ2n) is 9.37. The monoisotopic (exact) mass is 543 g/mol. The molecule has 0 unspecified atom stereocenters. The molecule has 2 aromatic carbocycles. The number of nitrogens with one attached hydrogen (secondary N) is 3. The van der Waals surface area contributed by atoms with Gasteiger partial charge in [0.1, 0.15) is 0 Å². The molecule has 5 N–H and O–H groups in total. The Morgan fingerprint density at radius 2 is 1.71 bits per heavy atom. The average molecular weight is 544 g/mol. The van der Waals surface area contributed by atoms with Gasteiger partial charge in [0, 0.05) is 31.8 Å². The highest BCUT2D eigenvalue weighted by atomic mass is 32.2. The van der Waals surface area contributed by atoms with E-state index in [4.69, 9.17) is 0 Å². The van der Waals surface area contributed by atoms with Crippen LogP contribution >= 0.6 is 0 Å². The maximum absolute atomic E-state index is 13.6. The lowest BCUT2D eigenvalue weighted by atomic mass is 10.0. The number of amides is 2. The summed E-state index contributed by atoms with van der Waals surface area (Å²) in [5.41, 5.74) is 1.97. The van der Waals surface area contributed by atoms with E-state index < -0.39 is 28.3 Å². The smallest absolute Gasteiger partial charge is 0.404 e. The van der Waals surface area contributed by atoms with Crippen LogP contribution in [0.5, 0.6) is 0 Å². The molecule has 0 saturated heterocycles. The maximum Gasteiger partial charge on any atom is 0.404 e. The third-order valence-corrected chi connectivity index (χ3v) is 7.54. The van der Waals surface area contributed by atoms with Gasteiger partial charge in [0.05, 0.1) is 22.7 Å². The molecule has 3 aromatic rings. The molecule has 3 rings (SSSR count). The normalized spacial score (nSPS) is 13.3. The number of benzene rings is 2. The zero-order chi connectivity index (χ0) is 27.9. The van der Waals surface area contributed by atoms with E-state index in [1.807, 2.05) is 44.2 Å². The van der Waals surface area contributed by atoms with Crippen LogP contribution < -0.4 is 10.6 Å². The second-order valence-corrected chi connectivity index (χ2v) is 11.3. The molecule has 0 saturated carbocycles. The van der Waals surface area contributed by atoms with Crippen molar-refractivity contribution >= 4 is 28.0 Å². The first kappa shape index (κ1) is 28.8. The van der Waals surface area contributed by atoms with E-state index in [1.165, 1.54) is 23.4 Å². The van der Waals surface area contributed by atoms with Gasteiger partial charge in [-0.25, -0.2) is 18.2 Å². The molecule has 0 aliphatic carbocycles. The van der Waals surface area contributed by atoms with Gasteiger partial charge < -0.3 is 20.5 Å². The number of sulfonamides is 1. The molecule has 0 aliphatic rings. The van der Waals surface area contributed by atoms with Crippen molar-refractivity contribution in [2.24, 2.45) is 5.92 Å². The third kappa shape index (κ3) is 7.88. The van der Waals surface area contributed by atoms with E-state index in [0.29, 0.717) is 11.3 Å². The van der Waals surface area contributed by atoms with E-state index in [9.17, 15) is 28.2 Å². The molecule has 0 radical (unpaired) electrons. The Morgan fingerprint density at radius 1 is 1.05 bits per heavy atom. The summed E-state index contributed by atoms with van der Waals surface area (Å²) >= 11 is 0. The van der Waals surface area contributed by atoms with Crippen molar-refractivity contribution in [3.8, 4) is 11.3 Å². The van der Waals surface area contributed by atoms with Crippen molar-refractivity contribution in [2.75, 3.05) is 18.4 Å². The average Bonchev–Trinajstić information content (AvgIpc) is 3.31. The van der Waals surface area contributed by atoms with E-state index in [1.54, 1.807) is 18.3 Å². The summed E-state index contributed by atoms with van der Waals surface area (Å²) in [6.45, 7) is 4.92. The van der Waals surface area contributed by atoms with Crippen LogP contribution in [-0.2, 0) is 21.2 Å². The molecule has 0 bridgehead atoms. The van der Waals surface area contributed by atoms with Crippen molar-refractivity contribution in [1.29, 1.82) is 0 Å². The first-order valence-electron chi connectivity index (χ1n) is 12.1. The Hall–Kier alpha value is -3.74. The minimum atomic E-state index is -4.02. The van der Waals surface area contributed by atoms with E-state index in [0.717, 1.165) is 5.56 Å². The van der Waals surface area contributed by atoms with Gasteiger partial charge in [-0.1, -0.05) is 56.3 Å². The SMILES string of the molecule is CC(=O)Nc1nc(-c2ccc(S(=O)(=O)N(CC(C)C)C[C@@H](O)[C@H](Cc3ccccc3)NC(=O)O)cc2)c[nH]1. The second kappa shape index (κ2) is 12.7. The standard InChI is InChI=1S/C26H33N5O6S/c1-17(2)15-31(16-24(33)22(30-26(34)35)13-19-7-5-4-6-8-19)38(36,37)21-11-9-20(10-12-21)23-14-27-25(29-23)28-18(3)32/h4-12,14,17,22,24,30,33H,13,15-16H2,1-3H3,(H,34,35)(H2,27,28,29,32)/t22-,24+/m0/s1. The fourth-order valence-electron chi connectivity index (χ4n) is 3.97. The van der Waals surface area contributed by atoms with Crippen molar-refractivity contribution in [3.05, 3.63) is 66.4 Å². The van der Waals surface area contributed by atoms with Gasteiger partial charge in [-0.05, 0) is 30.0 Å². The van der Waals surface area contributed by atoms with Gasteiger partial charge in [0.25, 0.3) is 0 Å². The zero-order valence-corrected chi connectivity index (χ0v) is 22.3. The fourth-order valence-corrected chi connectivity index (χ4v) is 5.59. The van der Waals surface area contributed by atoms with Gasteiger partial charge in [-0.15, -0.1) is 0 Å². The van der Waals surface area contributed by atoms with E-state index in [-0.39, 0.29) is 42.2 Å².